The lowest BCUT2D eigenvalue weighted by molar-refractivity contribution is 0.565. The highest BCUT2D eigenvalue weighted by molar-refractivity contribution is 7.89. The van der Waals surface area contributed by atoms with E-state index >= 15 is 0 Å². The Labute approximate surface area is 84.9 Å². The molecule has 0 unspecified atom stereocenters. The Balaban J connectivity index is 3.88. The summed E-state index contributed by atoms with van der Waals surface area (Å²) in [7, 11) is -3.19. The Morgan fingerprint density at radius 1 is 1.54 bits per heavy atom. The van der Waals surface area contributed by atoms with Crippen molar-refractivity contribution in [2.45, 2.75) is 20.3 Å². The molecule has 4 nitrogen and oxygen atoms in total. The maximum absolute atomic E-state index is 11.2. The Morgan fingerprint density at radius 2 is 2.08 bits per heavy atom. The van der Waals surface area contributed by atoms with Gasteiger partial charge in [0.25, 0.3) is 0 Å². The van der Waals surface area contributed by atoms with Gasteiger partial charge in [-0.25, -0.2) is 13.1 Å². The molecular weight excluding hydrogens is 208 g/mol. The van der Waals surface area contributed by atoms with Gasteiger partial charge in [-0.2, -0.15) is 0 Å². The quantitative estimate of drug-likeness (QED) is 0.634. The zero-order valence-corrected chi connectivity index (χ0v) is 9.54. The van der Waals surface area contributed by atoms with Gasteiger partial charge in [0.2, 0.25) is 10.0 Å². The number of sulfonamides is 1. The van der Waals surface area contributed by atoms with Crippen molar-refractivity contribution in [2.24, 2.45) is 11.7 Å². The van der Waals surface area contributed by atoms with Crippen LogP contribution in [0, 0.1) is 5.92 Å². The second kappa shape index (κ2) is 5.51. The molecule has 6 heteroatoms. The van der Waals surface area contributed by atoms with Crippen LogP contribution in [0.15, 0.2) is 0 Å². The van der Waals surface area contributed by atoms with E-state index in [0.29, 0.717) is 12.3 Å². The van der Waals surface area contributed by atoms with Crippen molar-refractivity contribution in [2.75, 3.05) is 12.3 Å². The standard InChI is InChI=1S/C7H16N2O2S2/c1-6(2)3-4-13(10,11)9-5-7(8)12/h6,9H,3-5H2,1-2H3,(H2,8,12). The molecule has 0 saturated heterocycles. The monoisotopic (exact) mass is 224 g/mol. The first-order valence-electron chi connectivity index (χ1n) is 4.09. The predicted octanol–water partition coefficient (Wildman–Crippen LogP) is 0.238. The van der Waals surface area contributed by atoms with Crippen molar-refractivity contribution >= 4 is 27.2 Å². The van der Waals surface area contributed by atoms with Crippen LogP contribution in [0.1, 0.15) is 20.3 Å². The summed E-state index contributed by atoms with van der Waals surface area (Å²) in [5.74, 6) is 0.509. The van der Waals surface area contributed by atoms with E-state index in [4.69, 9.17) is 5.73 Å². The SMILES string of the molecule is CC(C)CCS(=O)(=O)NCC(N)=S. The predicted molar refractivity (Wildman–Crippen MR) is 58.0 cm³/mol. The molecule has 3 N–H and O–H groups in total. The largest absolute Gasteiger partial charge is 0.392 e. The van der Waals surface area contributed by atoms with Crippen LogP contribution in [0.3, 0.4) is 0 Å². The molecular formula is C7H16N2O2S2. The summed E-state index contributed by atoms with van der Waals surface area (Å²) < 4.78 is 24.7. The molecule has 0 aliphatic heterocycles. The first-order chi connectivity index (χ1) is 5.83. The van der Waals surface area contributed by atoms with E-state index in [1.54, 1.807) is 0 Å². The van der Waals surface area contributed by atoms with Gasteiger partial charge in [-0.05, 0) is 12.3 Å². The van der Waals surface area contributed by atoms with E-state index in [1.165, 1.54) is 0 Å². The van der Waals surface area contributed by atoms with Crippen molar-refractivity contribution < 1.29 is 8.42 Å². The van der Waals surface area contributed by atoms with Crippen LogP contribution in [-0.2, 0) is 10.0 Å². The molecule has 0 bridgehead atoms. The summed E-state index contributed by atoms with van der Waals surface area (Å²) in [5.41, 5.74) is 5.16. The second-order valence-corrected chi connectivity index (χ2v) is 5.74. The maximum Gasteiger partial charge on any atom is 0.211 e. The van der Waals surface area contributed by atoms with Crippen LogP contribution in [0.25, 0.3) is 0 Å². The van der Waals surface area contributed by atoms with E-state index in [1.807, 2.05) is 13.8 Å². The minimum atomic E-state index is -3.19. The highest BCUT2D eigenvalue weighted by Crippen LogP contribution is 2.01. The van der Waals surface area contributed by atoms with Crippen molar-refractivity contribution in [1.29, 1.82) is 0 Å². The normalized spacial score (nSPS) is 11.9. The Hall–Kier alpha value is -0.200. The zero-order valence-electron chi connectivity index (χ0n) is 7.91. The van der Waals surface area contributed by atoms with Crippen LogP contribution in [0.4, 0.5) is 0 Å². The fourth-order valence-corrected chi connectivity index (χ4v) is 2.11. The molecule has 0 atom stereocenters. The van der Waals surface area contributed by atoms with Crippen molar-refractivity contribution in [3.63, 3.8) is 0 Å². The van der Waals surface area contributed by atoms with Crippen molar-refractivity contribution in [3.8, 4) is 0 Å². The third kappa shape index (κ3) is 8.14. The number of rotatable bonds is 6. The highest BCUT2D eigenvalue weighted by atomic mass is 32.2. The molecule has 0 radical (unpaired) electrons. The van der Waals surface area contributed by atoms with Gasteiger partial charge in [0.1, 0.15) is 0 Å². The van der Waals surface area contributed by atoms with E-state index in [9.17, 15) is 8.42 Å². The molecule has 0 aliphatic carbocycles. The fraction of sp³-hybridized carbons (Fsp3) is 0.857. The Bertz CT molecular complexity index is 260. The summed E-state index contributed by atoms with van der Waals surface area (Å²) in [6.07, 6.45) is 0.646. The maximum atomic E-state index is 11.2. The molecule has 0 heterocycles. The van der Waals surface area contributed by atoms with E-state index in [2.05, 4.69) is 16.9 Å². The topological polar surface area (TPSA) is 72.2 Å². The van der Waals surface area contributed by atoms with Gasteiger partial charge in [0.05, 0.1) is 17.3 Å². The second-order valence-electron chi connectivity index (χ2n) is 3.29. The fourth-order valence-electron chi connectivity index (χ4n) is 0.644. The van der Waals surface area contributed by atoms with Gasteiger partial charge >= 0.3 is 0 Å². The summed E-state index contributed by atoms with van der Waals surface area (Å²) in [5, 5.41) is 0. The lowest BCUT2D eigenvalue weighted by Gasteiger charge is -2.06. The number of hydrogen-bond acceptors (Lipinski definition) is 3. The van der Waals surface area contributed by atoms with Gasteiger partial charge in [0.15, 0.2) is 0 Å². The van der Waals surface area contributed by atoms with Gasteiger partial charge < -0.3 is 5.73 Å². The van der Waals surface area contributed by atoms with Gasteiger partial charge in [0, 0.05) is 0 Å². The first kappa shape index (κ1) is 12.8. The molecule has 0 aromatic heterocycles. The van der Waals surface area contributed by atoms with E-state index in [-0.39, 0.29) is 17.3 Å². The third-order valence-electron chi connectivity index (χ3n) is 1.43. The van der Waals surface area contributed by atoms with Crippen LogP contribution in [-0.4, -0.2) is 25.7 Å². The highest BCUT2D eigenvalue weighted by Gasteiger charge is 2.10. The summed E-state index contributed by atoms with van der Waals surface area (Å²) >= 11 is 4.55. The molecule has 0 aromatic rings. The molecule has 0 fully saturated rings. The number of hydrogen-bond donors (Lipinski definition) is 2. The molecule has 0 aromatic carbocycles. The van der Waals surface area contributed by atoms with Crippen LogP contribution >= 0.6 is 12.2 Å². The molecule has 0 rings (SSSR count). The van der Waals surface area contributed by atoms with E-state index in [0.717, 1.165) is 0 Å². The first-order valence-corrected chi connectivity index (χ1v) is 6.15. The zero-order chi connectivity index (χ0) is 10.5. The van der Waals surface area contributed by atoms with Crippen LogP contribution < -0.4 is 10.5 Å². The lowest BCUT2D eigenvalue weighted by atomic mass is 10.2. The summed E-state index contributed by atoms with van der Waals surface area (Å²) in [6.45, 7) is 4.00. The Kier molecular flexibility index (Phi) is 5.43. The summed E-state index contributed by atoms with van der Waals surface area (Å²) in [4.78, 5) is 0.160. The molecule has 0 aliphatic rings. The summed E-state index contributed by atoms with van der Waals surface area (Å²) in [6, 6.07) is 0. The minimum absolute atomic E-state index is 0.0514. The molecule has 78 valence electrons. The molecule has 0 saturated carbocycles. The third-order valence-corrected chi connectivity index (χ3v) is 2.93. The average Bonchev–Trinajstić information content (AvgIpc) is 1.98. The minimum Gasteiger partial charge on any atom is -0.392 e. The van der Waals surface area contributed by atoms with Crippen LogP contribution in [0.2, 0.25) is 0 Å². The average molecular weight is 224 g/mol. The molecule has 13 heavy (non-hydrogen) atoms. The lowest BCUT2D eigenvalue weighted by Crippen LogP contribution is -2.34. The van der Waals surface area contributed by atoms with Crippen LogP contribution in [0.5, 0.6) is 0 Å². The van der Waals surface area contributed by atoms with Crippen molar-refractivity contribution in [1.82, 2.24) is 4.72 Å². The van der Waals surface area contributed by atoms with Gasteiger partial charge in [-0.15, -0.1) is 0 Å². The van der Waals surface area contributed by atoms with Gasteiger partial charge in [-0.3, -0.25) is 0 Å². The number of nitrogens with one attached hydrogen (secondary N) is 1. The van der Waals surface area contributed by atoms with Crippen molar-refractivity contribution in [3.05, 3.63) is 0 Å². The molecule has 0 amide bonds. The number of nitrogens with two attached hydrogens (primary N) is 1. The Morgan fingerprint density at radius 3 is 2.46 bits per heavy atom. The molecule has 0 spiro atoms. The smallest absolute Gasteiger partial charge is 0.211 e. The van der Waals surface area contributed by atoms with E-state index < -0.39 is 10.0 Å². The van der Waals surface area contributed by atoms with Gasteiger partial charge in [-0.1, -0.05) is 26.1 Å². The number of thiocarbonyl (C=S) groups is 1.